The van der Waals surface area contributed by atoms with Crippen LogP contribution in [0.3, 0.4) is 0 Å². The number of hydrogen-bond acceptors (Lipinski definition) is 3. The van der Waals surface area contributed by atoms with Crippen molar-refractivity contribution in [2.45, 2.75) is 0 Å². The van der Waals surface area contributed by atoms with Crippen molar-refractivity contribution in [3.63, 3.8) is 0 Å². The van der Waals surface area contributed by atoms with Crippen LogP contribution in [-0.4, -0.2) is 44.0 Å². The Morgan fingerprint density at radius 3 is 2.64 bits per heavy atom. The van der Waals surface area contributed by atoms with Crippen molar-refractivity contribution >= 4 is 40.5 Å². The molecule has 128 valence electrons. The van der Waals surface area contributed by atoms with Gasteiger partial charge in [0, 0.05) is 53.7 Å². The Bertz CT molecular complexity index is 854. The highest BCUT2D eigenvalue weighted by Gasteiger charge is 2.25. The number of nitrogens with zero attached hydrogens (tertiary/aromatic N) is 2. The Kier molecular flexibility index (Phi) is 4.24. The van der Waals surface area contributed by atoms with Crippen LogP contribution in [0.15, 0.2) is 42.5 Å². The van der Waals surface area contributed by atoms with E-state index in [1.165, 1.54) is 5.69 Å². The van der Waals surface area contributed by atoms with Gasteiger partial charge in [-0.3, -0.25) is 4.79 Å². The third kappa shape index (κ3) is 3.15. The molecule has 2 aromatic rings. The minimum Gasteiger partial charge on any atom is -0.368 e. The van der Waals surface area contributed by atoms with Gasteiger partial charge in [0.2, 0.25) is 0 Å². The summed E-state index contributed by atoms with van der Waals surface area (Å²) in [6, 6.07) is 13.7. The molecule has 1 amide bonds. The summed E-state index contributed by atoms with van der Waals surface area (Å²) in [6.45, 7) is 4.07. The van der Waals surface area contributed by atoms with Gasteiger partial charge in [-0.25, -0.2) is 0 Å². The summed E-state index contributed by atoms with van der Waals surface area (Å²) in [7, 11) is 2.15. The topological polar surface area (TPSA) is 35.6 Å². The molecule has 1 saturated heterocycles. The van der Waals surface area contributed by atoms with Gasteiger partial charge in [-0.2, -0.15) is 0 Å². The summed E-state index contributed by atoms with van der Waals surface area (Å²) in [5.41, 5.74) is 4.58. The van der Waals surface area contributed by atoms with E-state index in [1.807, 2.05) is 24.3 Å². The zero-order valence-corrected chi connectivity index (χ0v) is 14.9. The highest BCUT2D eigenvalue weighted by molar-refractivity contribution is 6.36. The molecule has 0 bridgehead atoms. The van der Waals surface area contributed by atoms with E-state index >= 15 is 0 Å². The van der Waals surface area contributed by atoms with Crippen molar-refractivity contribution in [1.29, 1.82) is 0 Å². The van der Waals surface area contributed by atoms with E-state index in [-0.39, 0.29) is 5.91 Å². The van der Waals surface area contributed by atoms with Crippen LogP contribution in [-0.2, 0) is 4.79 Å². The number of carbonyl (C=O) groups is 1. The van der Waals surface area contributed by atoms with E-state index in [0.717, 1.165) is 43.0 Å². The van der Waals surface area contributed by atoms with Crippen LogP contribution in [0.1, 0.15) is 11.1 Å². The van der Waals surface area contributed by atoms with Crippen molar-refractivity contribution in [3.8, 4) is 0 Å². The van der Waals surface area contributed by atoms with Gasteiger partial charge >= 0.3 is 0 Å². The van der Waals surface area contributed by atoms with E-state index in [1.54, 1.807) is 6.07 Å². The first-order chi connectivity index (χ1) is 12.1. The Labute approximate surface area is 152 Å². The predicted molar refractivity (Wildman–Crippen MR) is 104 cm³/mol. The molecule has 0 aromatic heterocycles. The Balaban J connectivity index is 1.73. The molecule has 5 heteroatoms. The summed E-state index contributed by atoms with van der Waals surface area (Å²) in [5.74, 6) is -0.0783. The maximum atomic E-state index is 12.4. The van der Waals surface area contributed by atoms with Crippen molar-refractivity contribution in [2.75, 3.05) is 43.4 Å². The monoisotopic (exact) mass is 353 g/mol. The third-order valence-electron chi connectivity index (χ3n) is 4.85. The van der Waals surface area contributed by atoms with Crippen LogP contribution in [0.5, 0.6) is 0 Å². The normalized spacial score (nSPS) is 19.2. The highest BCUT2D eigenvalue weighted by Crippen LogP contribution is 2.36. The molecule has 0 unspecified atom stereocenters. The molecule has 1 N–H and O–H groups in total. The quantitative estimate of drug-likeness (QED) is 0.838. The second-order valence-electron chi connectivity index (χ2n) is 6.55. The van der Waals surface area contributed by atoms with E-state index in [2.05, 4.69) is 40.4 Å². The molecular weight excluding hydrogens is 334 g/mol. The molecule has 0 radical (unpaired) electrons. The number of rotatable bonds is 2. The van der Waals surface area contributed by atoms with Crippen LogP contribution in [0.2, 0.25) is 5.02 Å². The largest absolute Gasteiger partial charge is 0.368 e. The molecular formula is C20H20ClN3O. The molecule has 0 spiro atoms. The van der Waals surface area contributed by atoms with Gasteiger partial charge in [-0.1, -0.05) is 29.8 Å². The van der Waals surface area contributed by atoms with Crippen LogP contribution in [0.4, 0.5) is 11.4 Å². The Hall–Kier alpha value is -2.30. The summed E-state index contributed by atoms with van der Waals surface area (Å²) < 4.78 is 0. The maximum Gasteiger partial charge on any atom is 0.256 e. The van der Waals surface area contributed by atoms with Crippen molar-refractivity contribution in [2.24, 2.45) is 0 Å². The van der Waals surface area contributed by atoms with Gasteiger partial charge in [-0.05, 0) is 43.0 Å². The highest BCUT2D eigenvalue weighted by atomic mass is 35.5. The number of likely N-dealkylation sites (N-methyl/N-ethyl adjacent to an activating group) is 1. The number of para-hydroxylation sites is 1. The lowest BCUT2D eigenvalue weighted by Crippen LogP contribution is -2.44. The number of halogens is 1. The molecule has 0 saturated carbocycles. The van der Waals surface area contributed by atoms with Gasteiger partial charge in [-0.15, -0.1) is 0 Å². The number of benzene rings is 2. The SMILES string of the molecule is CN1CCN(c2ccccc2/C=C2/C(=O)Nc3ccc(Cl)cc32)CC1. The smallest absolute Gasteiger partial charge is 0.256 e. The average molecular weight is 354 g/mol. The Morgan fingerprint density at radius 1 is 1.08 bits per heavy atom. The lowest BCUT2D eigenvalue weighted by molar-refractivity contribution is -0.110. The second-order valence-corrected chi connectivity index (χ2v) is 6.99. The minimum absolute atomic E-state index is 0.0783. The van der Waals surface area contributed by atoms with Crippen molar-refractivity contribution in [3.05, 3.63) is 58.6 Å². The van der Waals surface area contributed by atoms with Crippen molar-refractivity contribution < 1.29 is 4.79 Å². The fourth-order valence-corrected chi connectivity index (χ4v) is 3.58. The summed E-state index contributed by atoms with van der Waals surface area (Å²) in [4.78, 5) is 17.2. The van der Waals surface area contributed by atoms with Crippen LogP contribution >= 0.6 is 11.6 Å². The van der Waals surface area contributed by atoms with Crippen molar-refractivity contribution in [1.82, 2.24) is 4.90 Å². The van der Waals surface area contributed by atoms with Crippen LogP contribution in [0.25, 0.3) is 11.6 Å². The number of hydrogen-bond donors (Lipinski definition) is 1. The summed E-state index contributed by atoms with van der Waals surface area (Å²) in [5, 5.41) is 3.55. The predicted octanol–water partition coefficient (Wildman–Crippen LogP) is 3.58. The van der Waals surface area contributed by atoms with E-state index in [9.17, 15) is 4.79 Å². The number of carbonyl (C=O) groups excluding carboxylic acids is 1. The first-order valence-corrected chi connectivity index (χ1v) is 8.85. The third-order valence-corrected chi connectivity index (χ3v) is 5.08. The minimum atomic E-state index is -0.0783. The van der Waals surface area contributed by atoms with Gasteiger partial charge in [0.25, 0.3) is 5.91 Å². The fraction of sp³-hybridized carbons (Fsp3) is 0.250. The zero-order valence-electron chi connectivity index (χ0n) is 14.1. The van der Waals surface area contributed by atoms with E-state index in [0.29, 0.717) is 10.6 Å². The summed E-state index contributed by atoms with van der Waals surface area (Å²) in [6.07, 6.45) is 1.98. The Morgan fingerprint density at radius 2 is 1.84 bits per heavy atom. The van der Waals surface area contributed by atoms with Gasteiger partial charge < -0.3 is 15.1 Å². The van der Waals surface area contributed by atoms with Gasteiger partial charge in [0.1, 0.15) is 0 Å². The molecule has 4 nitrogen and oxygen atoms in total. The lowest BCUT2D eigenvalue weighted by atomic mass is 10.0. The van der Waals surface area contributed by atoms with Crippen LogP contribution < -0.4 is 10.2 Å². The number of amides is 1. The molecule has 0 aliphatic carbocycles. The molecule has 0 atom stereocenters. The molecule has 2 aliphatic heterocycles. The maximum absolute atomic E-state index is 12.4. The molecule has 2 heterocycles. The molecule has 4 rings (SSSR count). The molecule has 2 aliphatic rings. The number of nitrogens with one attached hydrogen (secondary N) is 1. The molecule has 25 heavy (non-hydrogen) atoms. The first kappa shape index (κ1) is 16.2. The van der Waals surface area contributed by atoms with Gasteiger partial charge in [0.15, 0.2) is 0 Å². The standard InChI is InChI=1S/C20H20ClN3O/c1-23-8-10-24(11-9-23)19-5-3-2-4-14(19)12-17-16-13-15(21)6-7-18(16)22-20(17)25/h2-7,12-13H,8-11H2,1H3,(H,22,25)/b17-12+. The first-order valence-electron chi connectivity index (χ1n) is 8.47. The van der Waals surface area contributed by atoms with Gasteiger partial charge in [0.05, 0.1) is 0 Å². The van der Waals surface area contributed by atoms with E-state index < -0.39 is 0 Å². The summed E-state index contributed by atoms with van der Waals surface area (Å²) >= 11 is 6.13. The second kappa shape index (κ2) is 6.54. The van der Waals surface area contributed by atoms with E-state index in [4.69, 9.17) is 11.6 Å². The zero-order chi connectivity index (χ0) is 17.4. The number of anilines is 2. The number of fused-ring (bicyclic) bond motifs is 1. The molecule has 2 aromatic carbocycles. The molecule has 1 fully saturated rings. The fourth-order valence-electron chi connectivity index (χ4n) is 3.40. The van der Waals surface area contributed by atoms with Crippen LogP contribution in [0, 0.1) is 0 Å². The lowest BCUT2D eigenvalue weighted by Gasteiger charge is -2.35. The average Bonchev–Trinajstić information content (AvgIpc) is 2.91. The number of piperazine rings is 1.